The van der Waals surface area contributed by atoms with Crippen LogP contribution in [0.1, 0.15) is 23.8 Å². The highest BCUT2D eigenvalue weighted by molar-refractivity contribution is 5.93. The Bertz CT molecular complexity index is 499. The first-order valence-electron chi connectivity index (χ1n) is 6.71. The molecule has 3 atom stereocenters. The van der Waals surface area contributed by atoms with Gasteiger partial charge in [-0.3, -0.25) is 4.79 Å². The van der Waals surface area contributed by atoms with Gasteiger partial charge in [0.05, 0.1) is 12.1 Å². The van der Waals surface area contributed by atoms with Crippen LogP contribution in [0.5, 0.6) is 0 Å². The second-order valence-corrected chi connectivity index (χ2v) is 5.03. The number of alkyl halides is 3. The maximum atomic E-state index is 12.4. The van der Waals surface area contributed by atoms with E-state index in [9.17, 15) is 18.0 Å². The van der Waals surface area contributed by atoms with Gasteiger partial charge in [0, 0.05) is 18.8 Å². The molecule has 0 saturated heterocycles. The second-order valence-electron chi connectivity index (χ2n) is 5.03. The van der Waals surface area contributed by atoms with Crippen molar-refractivity contribution in [2.24, 2.45) is 5.73 Å². The van der Waals surface area contributed by atoms with Gasteiger partial charge in [0.2, 0.25) is 0 Å². The topological polar surface area (TPSA) is 69.3 Å². The summed E-state index contributed by atoms with van der Waals surface area (Å²) in [5.41, 5.74) is 5.76. The molecular weight excluding hydrogens is 287 g/mol. The minimum absolute atomic E-state index is 0.0401. The quantitative estimate of drug-likeness (QED) is 0.861. The van der Waals surface area contributed by atoms with Gasteiger partial charge in [-0.2, -0.15) is 13.2 Å². The van der Waals surface area contributed by atoms with E-state index in [1.54, 1.807) is 0 Å². The third-order valence-electron chi connectivity index (χ3n) is 3.46. The van der Waals surface area contributed by atoms with E-state index in [-0.39, 0.29) is 23.9 Å². The zero-order valence-corrected chi connectivity index (χ0v) is 11.6. The molecule has 5 nitrogen and oxygen atoms in total. The summed E-state index contributed by atoms with van der Waals surface area (Å²) in [6, 6.07) is 2.14. The molecule has 0 aromatic carbocycles. The zero-order valence-electron chi connectivity index (χ0n) is 11.6. The van der Waals surface area contributed by atoms with Crippen LogP contribution in [0.25, 0.3) is 0 Å². The monoisotopic (exact) mass is 305 g/mol. The van der Waals surface area contributed by atoms with Crippen molar-refractivity contribution in [3.63, 3.8) is 0 Å². The maximum absolute atomic E-state index is 12.4. The Hall–Kier alpha value is -1.54. The van der Waals surface area contributed by atoms with Crippen LogP contribution in [-0.4, -0.2) is 41.4 Å². The predicted molar refractivity (Wildman–Crippen MR) is 69.7 cm³/mol. The molecule has 0 spiro atoms. The molecule has 1 aliphatic rings. The third kappa shape index (κ3) is 3.76. The van der Waals surface area contributed by atoms with Crippen LogP contribution in [-0.2, 0) is 11.3 Å². The molecule has 3 N–H and O–H groups in total. The lowest BCUT2D eigenvalue weighted by molar-refractivity contribution is -0.140. The highest BCUT2D eigenvalue weighted by atomic mass is 19.4. The van der Waals surface area contributed by atoms with Gasteiger partial charge in [0.25, 0.3) is 5.91 Å². The molecule has 1 fully saturated rings. The van der Waals surface area contributed by atoms with Crippen molar-refractivity contribution < 1.29 is 22.7 Å². The molecule has 2 rings (SSSR count). The van der Waals surface area contributed by atoms with E-state index in [1.807, 2.05) is 6.92 Å². The Morgan fingerprint density at radius 3 is 2.86 bits per heavy atom. The molecule has 1 aromatic rings. The van der Waals surface area contributed by atoms with Gasteiger partial charge in [-0.1, -0.05) is 0 Å². The summed E-state index contributed by atoms with van der Waals surface area (Å²) < 4.78 is 43.6. The minimum atomic E-state index is -4.38. The van der Waals surface area contributed by atoms with Crippen LogP contribution in [0.2, 0.25) is 0 Å². The number of amides is 1. The minimum Gasteiger partial charge on any atom is -0.376 e. The molecule has 1 saturated carbocycles. The molecule has 1 heterocycles. The summed E-state index contributed by atoms with van der Waals surface area (Å²) in [5, 5.41) is 2.65. The molecule has 1 aliphatic carbocycles. The van der Waals surface area contributed by atoms with Gasteiger partial charge in [0.1, 0.15) is 12.2 Å². The first-order chi connectivity index (χ1) is 9.81. The van der Waals surface area contributed by atoms with Crippen molar-refractivity contribution in [3.8, 4) is 0 Å². The fourth-order valence-corrected chi connectivity index (χ4v) is 2.40. The average molecular weight is 305 g/mol. The predicted octanol–water partition coefficient (Wildman–Crippen LogP) is 1.28. The molecule has 3 unspecified atom stereocenters. The van der Waals surface area contributed by atoms with Crippen molar-refractivity contribution in [1.29, 1.82) is 0 Å². The fourth-order valence-electron chi connectivity index (χ4n) is 2.40. The summed E-state index contributed by atoms with van der Waals surface area (Å²) in [7, 11) is 0. The first kappa shape index (κ1) is 15.8. The largest absolute Gasteiger partial charge is 0.406 e. The average Bonchev–Trinajstić information content (AvgIpc) is 2.81. The summed E-state index contributed by atoms with van der Waals surface area (Å²) >= 11 is 0. The maximum Gasteiger partial charge on any atom is 0.406 e. The number of nitrogens with zero attached hydrogens (tertiary/aromatic N) is 1. The number of aromatic nitrogens is 1. The smallest absolute Gasteiger partial charge is 0.376 e. The SMILES string of the molecule is CCOC1CC(N)C1NC(=O)c1cccn1CC(F)(F)F. The lowest BCUT2D eigenvalue weighted by atomic mass is 9.83. The Morgan fingerprint density at radius 1 is 1.57 bits per heavy atom. The Labute approximate surface area is 120 Å². The molecule has 0 aliphatic heterocycles. The van der Waals surface area contributed by atoms with Gasteiger partial charge < -0.3 is 20.4 Å². The summed E-state index contributed by atoms with van der Waals surface area (Å²) in [6.07, 6.45) is -2.71. The van der Waals surface area contributed by atoms with Gasteiger partial charge in [0.15, 0.2) is 0 Å². The van der Waals surface area contributed by atoms with Crippen molar-refractivity contribution in [1.82, 2.24) is 9.88 Å². The number of nitrogens with one attached hydrogen (secondary N) is 1. The van der Waals surface area contributed by atoms with Crippen LogP contribution < -0.4 is 11.1 Å². The summed E-state index contributed by atoms with van der Waals surface area (Å²) in [5.74, 6) is -0.575. The lowest BCUT2D eigenvalue weighted by Crippen LogP contribution is -2.64. The Balaban J connectivity index is 2.02. The zero-order chi connectivity index (χ0) is 15.6. The number of carbonyl (C=O) groups excluding carboxylic acids is 1. The number of nitrogens with two attached hydrogens (primary N) is 1. The van der Waals surface area contributed by atoms with Gasteiger partial charge in [-0.05, 0) is 25.5 Å². The normalized spacial score (nSPS) is 25.5. The number of ether oxygens (including phenoxy) is 1. The van der Waals surface area contributed by atoms with Crippen molar-refractivity contribution in [3.05, 3.63) is 24.0 Å². The van der Waals surface area contributed by atoms with E-state index in [4.69, 9.17) is 10.5 Å². The van der Waals surface area contributed by atoms with Crippen LogP contribution in [0.15, 0.2) is 18.3 Å². The highest BCUT2D eigenvalue weighted by Crippen LogP contribution is 2.23. The number of carbonyl (C=O) groups is 1. The van der Waals surface area contributed by atoms with E-state index in [2.05, 4.69) is 5.32 Å². The lowest BCUT2D eigenvalue weighted by Gasteiger charge is -2.42. The van der Waals surface area contributed by atoms with Crippen molar-refractivity contribution in [2.75, 3.05) is 6.61 Å². The fraction of sp³-hybridized carbons (Fsp3) is 0.615. The van der Waals surface area contributed by atoms with Gasteiger partial charge in [-0.15, -0.1) is 0 Å². The van der Waals surface area contributed by atoms with Crippen LogP contribution >= 0.6 is 0 Å². The number of hydrogen-bond donors (Lipinski definition) is 2. The van der Waals surface area contributed by atoms with Crippen molar-refractivity contribution in [2.45, 2.75) is 44.3 Å². The molecule has 8 heteroatoms. The standard InChI is InChI=1S/C13H18F3N3O2/c1-2-21-10-6-8(17)11(10)18-12(20)9-4-3-5-19(9)7-13(14,15)16/h3-5,8,10-11H,2,6-7,17H2,1H3,(H,18,20). The van der Waals surface area contributed by atoms with E-state index in [1.165, 1.54) is 18.3 Å². The Morgan fingerprint density at radius 2 is 2.29 bits per heavy atom. The number of rotatable bonds is 5. The summed E-state index contributed by atoms with van der Waals surface area (Å²) in [4.78, 5) is 12.1. The molecule has 118 valence electrons. The first-order valence-corrected chi connectivity index (χ1v) is 6.71. The van der Waals surface area contributed by atoms with Gasteiger partial charge in [-0.25, -0.2) is 0 Å². The highest BCUT2D eigenvalue weighted by Gasteiger charge is 2.41. The van der Waals surface area contributed by atoms with E-state index < -0.39 is 18.6 Å². The van der Waals surface area contributed by atoms with Crippen LogP contribution in [0.3, 0.4) is 0 Å². The van der Waals surface area contributed by atoms with Gasteiger partial charge >= 0.3 is 6.18 Å². The molecule has 21 heavy (non-hydrogen) atoms. The molecule has 1 amide bonds. The molecule has 1 aromatic heterocycles. The van der Waals surface area contributed by atoms with E-state index in [0.29, 0.717) is 13.0 Å². The molecule has 0 radical (unpaired) electrons. The second kappa shape index (κ2) is 6.07. The van der Waals surface area contributed by atoms with Crippen LogP contribution in [0.4, 0.5) is 13.2 Å². The van der Waals surface area contributed by atoms with E-state index in [0.717, 1.165) is 4.57 Å². The summed E-state index contributed by atoms with van der Waals surface area (Å²) in [6.45, 7) is 1.12. The molecule has 0 bridgehead atoms. The number of halogens is 3. The van der Waals surface area contributed by atoms with Crippen LogP contribution in [0, 0.1) is 0 Å². The number of hydrogen-bond acceptors (Lipinski definition) is 3. The van der Waals surface area contributed by atoms with E-state index >= 15 is 0 Å². The Kier molecular flexibility index (Phi) is 4.58. The van der Waals surface area contributed by atoms with Crippen molar-refractivity contribution >= 4 is 5.91 Å². The molecular formula is C13H18F3N3O2. The third-order valence-corrected chi connectivity index (χ3v) is 3.46.